The molecule has 3 rings (SSSR count). The molecule has 1 N–H and O–H groups in total. The molecule has 0 aliphatic heterocycles. The summed E-state index contributed by atoms with van der Waals surface area (Å²) >= 11 is 7.28. The van der Waals surface area contributed by atoms with Gasteiger partial charge in [-0.15, -0.1) is 11.8 Å². The van der Waals surface area contributed by atoms with E-state index in [0.29, 0.717) is 17.0 Å². The number of rotatable bonds is 9. The lowest BCUT2D eigenvalue weighted by Crippen LogP contribution is -2.50. The summed E-state index contributed by atoms with van der Waals surface area (Å²) in [5, 5.41) is 3.27. The predicted molar refractivity (Wildman–Crippen MR) is 127 cm³/mol. The third-order valence-electron chi connectivity index (χ3n) is 4.99. The van der Waals surface area contributed by atoms with Crippen molar-refractivity contribution in [2.45, 2.75) is 23.9 Å². The average molecular weight is 471 g/mol. The molecule has 3 aromatic carbocycles. The number of thioether (sulfide) groups is 1. The Labute approximate surface area is 196 Å². The zero-order valence-corrected chi connectivity index (χ0v) is 19.2. The lowest BCUT2D eigenvalue weighted by atomic mass is 10.0. The van der Waals surface area contributed by atoms with Crippen LogP contribution in [0.2, 0.25) is 5.02 Å². The zero-order valence-electron chi connectivity index (χ0n) is 17.6. The Balaban J connectivity index is 1.87. The molecule has 4 nitrogen and oxygen atoms in total. The minimum atomic E-state index is -0.777. The number of nitrogens with zero attached hydrogens (tertiary/aromatic N) is 1. The number of benzene rings is 3. The summed E-state index contributed by atoms with van der Waals surface area (Å²) in [5.41, 5.74) is 1.28. The lowest BCUT2D eigenvalue weighted by molar-refractivity contribution is -0.139. The van der Waals surface area contributed by atoms with Crippen LogP contribution >= 0.6 is 23.4 Å². The number of halogens is 2. The first kappa shape index (κ1) is 23.8. The third-order valence-corrected chi connectivity index (χ3v) is 6.24. The maximum Gasteiger partial charge on any atom is 0.242 e. The van der Waals surface area contributed by atoms with Crippen LogP contribution in [0.4, 0.5) is 4.39 Å². The second kappa shape index (κ2) is 11.7. The van der Waals surface area contributed by atoms with Crippen molar-refractivity contribution >= 4 is 35.2 Å². The predicted octanol–water partition coefficient (Wildman–Crippen LogP) is 4.96. The highest BCUT2D eigenvalue weighted by molar-refractivity contribution is 8.00. The highest BCUT2D eigenvalue weighted by atomic mass is 35.5. The van der Waals surface area contributed by atoms with E-state index in [1.54, 1.807) is 30.3 Å². The molecule has 166 valence electrons. The molecular weight excluding hydrogens is 447 g/mol. The SMILES string of the molecule is CNC(=O)C(Cc1ccccc1)N(Cc1ccccc1F)C(=O)CSc1ccc(Cl)cc1. The van der Waals surface area contributed by atoms with E-state index in [1.807, 2.05) is 42.5 Å². The molecule has 0 saturated heterocycles. The molecule has 3 aromatic rings. The Hall–Kier alpha value is -2.83. The van der Waals surface area contributed by atoms with Crippen LogP contribution in [0, 0.1) is 5.82 Å². The first-order valence-corrected chi connectivity index (χ1v) is 11.5. The minimum Gasteiger partial charge on any atom is -0.357 e. The standard InChI is InChI=1S/C25H24ClFN2O2S/c1-28-25(31)23(15-18-7-3-2-4-8-18)29(16-19-9-5-6-10-22(19)27)24(30)17-32-21-13-11-20(26)12-14-21/h2-14,23H,15-17H2,1H3,(H,28,31). The average Bonchev–Trinajstić information content (AvgIpc) is 2.82. The third kappa shape index (κ3) is 6.58. The first-order chi connectivity index (χ1) is 15.5. The molecule has 0 radical (unpaired) electrons. The van der Waals surface area contributed by atoms with Crippen molar-refractivity contribution in [1.82, 2.24) is 10.2 Å². The quantitative estimate of drug-likeness (QED) is 0.450. The molecule has 0 heterocycles. The topological polar surface area (TPSA) is 49.4 Å². The second-order valence-corrected chi connectivity index (χ2v) is 8.66. The van der Waals surface area contributed by atoms with E-state index < -0.39 is 11.9 Å². The van der Waals surface area contributed by atoms with Crippen molar-refractivity contribution in [2.24, 2.45) is 0 Å². The number of nitrogens with one attached hydrogen (secondary N) is 1. The van der Waals surface area contributed by atoms with Gasteiger partial charge in [0.1, 0.15) is 11.9 Å². The van der Waals surface area contributed by atoms with Gasteiger partial charge in [0.05, 0.1) is 5.75 Å². The molecule has 32 heavy (non-hydrogen) atoms. The summed E-state index contributed by atoms with van der Waals surface area (Å²) in [6, 6.07) is 22.2. The lowest BCUT2D eigenvalue weighted by Gasteiger charge is -2.31. The highest BCUT2D eigenvalue weighted by Gasteiger charge is 2.30. The summed E-state index contributed by atoms with van der Waals surface area (Å²) in [6.45, 7) is -0.00238. The van der Waals surface area contributed by atoms with Gasteiger partial charge in [0.15, 0.2) is 0 Å². The molecular formula is C25H24ClFN2O2S. The van der Waals surface area contributed by atoms with Gasteiger partial charge in [-0.3, -0.25) is 9.59 Å². The van der Waals surface area contributed by atoms with Crippen molar-refractivity contribution in [3.63, 3.8) is 0 Å². The molecule has 0 saturated carbocycles. The Morgan fingerprint density at radius 2 is 1.66 bits per heavy atom. The van der Waals surface area contributed by atoms with Gasteiger partial charge in [0.25, 0.3) is 0 Å². The van der Waals surface area contributed by atoms with E-state index >= 15 is 0 Å². The van der Waals surface area contributed by atoms with Crippen LogP contribution in [0.3, 0.4) is 0 Å². The normalized spacial score (nSPS) is 11.6. The summed E-state index contributed by atoms with van der Waals surface area (Å²) in [5.74, 6) is -0.850. The van der Waals surface area contributed by atoms with Crippen LogP contribution in [0.5, 0.6) is 0 Å². The maximum atomic E-state index is 14.4. The van der Waals surface area contributed by atoms with Gasteiger partial charge in [-0.25, -0.2) is 4.39 Å². The number of hydrogen-bond donors (Lipinski definition) is 1. The van der Waals surface area contributed by atoms with Crippen LogP contribution in [0.1, 0.15) is 11.1 Å². The monoisotopic (exact) mass is 470 g/mol. The van der Waals surface area contributed by atoms with E-state index in [2.05, 4.69) is 5.32 Å². The molecule has 0 spiro atoms. The van der Waals surface area contributed by atoms with Gasteiger partial charge < -0.3 is 10.2 Å². The fourth-order valence-electron chi connectivity index (χ4n) is 3.29. The molecule has 1 unspecified atom stereocenters. The zero-order chi connectivity index (χ0) is 22.9. The van der Waals surface area contributed by atoms with E-state index in [0.717, 1.165) is 10.5 Å². The largest absolute Gasteiger partial charge is 0.357 e. The van der Waals surface area contributed by atoms with Crippen molar-refractivity contribution in [1.29, 1.82) is 0 Å². The Morgan fingerprint density at radius 1 is 1.00 bits per heavy atom. The molecule has 1 atom stereocenters. The number of amides is 2. The van der Waals surface area contributed by atoms with Gasteiger partial charge in [-0.2, -0.15) is 0 Å². The maximum absolute atomic E-state index is 14.4. The Kier molecular flexibility index (Phi) is 8.71. The van der Waals surface area contributed by atoms with Gasteiger partial charge in [0, 0.05) is 35.5 Å². The molecule has 0 aliphatic carbocycles. The van der Waals surface area contributed by atoms with Crippen molar-refractivity contribution in [3.05, 3.63) is 101 Å². The van der Waals surface area contributed by atoms with E-state index in [-0.39, 0.29) is 24.1 Å². The second-order valence-electron chi connectivity index (χ2n) is 7.18. The number of hydrogen-bond acceptors (Lipinski definition) is 3. The van der Waals surface area contributed by atoms with Crippen LogP contribution < -0.4 is 5.32 Å². The molecule has 7 heteroatoms. The van der Waals surface area contributed by atoms with E-state index in [9.17, 15) is 14.0 Å². The van der Waals surface area contributed by atoms with Crippen LogP contribution in [-0.2, 0) is 22.6 Å². The van der Waals surface area contributed by atoms with Crippen molar-refractivity contribution < 1.29 is 14.0 Å². The van der Waals surface area contributed by atoms with Crippen molar-refractivity contribution in [3.8, 4) is 0 Å². The van der Waals surface area contributed by atoms with E-state index in [1.165, 1.54) is 29.8 Å². The summed E-state index contributed by atoms with van der Waals surface area (Å²) in [7, 11) is 1.54. The number of likely N-dealkylation sites (N-methyl/N-ethyl adjacent to an activating group) is 1. The molecule has 0 fully saturated rings. The van der Waals surface area contributed by atoms with Crippen LogP contribution in [0.15, 0.2) is 83.8 Å². The fourth-order valence-corrected chi connectivity index (χ4v) is 4.20. The van der Waals surface area contributed by atoms with Crippen LogP contribution in [0.25, 0.3) is 0 Å². The van der Waals surface area contributed by atoms with Gasteiger partial charge in [0.2, 0.25) is 11.8 Å². The smallest absolute Gasteiger partial charge is 0.242 e. The summed E-state index contributed by atoms with van der Waals surface area (Å²) < 4.78 is 14.4. The van der Waals surface area contributed by atoms with E-state index in [4.69, 9.17) is 11.6 Å². The minimum absolute atomic E-state index is 0.00238. The highest BCUT2D eigenvalue weighted by Crippen LogP contribution is 2.23. The molecule has 2 amide bonds. The molecule has 0 aliphatic rings. The van der Waals surface area contributed by atoms with Gasteiger partial charge in [-0.05, 0) is 35.9 Å². The van der Waals surface area contributed by atoms with Crippen molar-refractivity contribution in [2.75, 3.05) is 12.8 Å². The summed E-state index contributed by atoms with van der Waals surface area (Å²) in [4.78, 5) is 28.5. The first-order valence-electron chi connectivity index (χ1n) is 10.1. The van der Waals surface area contributed by atoms with Gasteiger partial charge in [-0.1, -0.05) is 60.1 Å². The molecule has 0 aromatic heterocycles. The number of carbonyl (C=O) groups excluding carboxylic acids is 2. The summed E-state index contributed by atoms with van der Waals surface area (Å²) in [6.07, 6.45) is 0.326. The molecule has 0 bridgehead atoms. The Morgan fingerprint density at radius 3 is 2.31 bits per heavy atom. The van der Waals surface area contributed by atoms with Gasteiger partial charge >= 0.3 is 0 Å². The van der Waals surface area contributed by atoms with Crippen LogP contribution in [-0.4, -0.2) is 35.6 Å². The Bertz CT molecular complexity index is 1050. The number of carbonyl (C=O) groups is 2. The fraction of sp³-hybridized carbons (Fsp3) is 0.200.